The Balaban J connectivity index is 1.79. The number of rotatable bonds is 9. The van der Waals surface area contributed by atoms with Crippen LogP contribution in [0.25, 0.3) is 0 Å². The fraction of sp³-hybridized carbons (Fsp3) is 0.708. The van der Waals surface area contributed by atoms with Crippen molar-refractivity contribution >= 4 is 21.6 Å². The third-order valence-corrected chi connectivity index (χ3v) is 8.28. The van der Waals surface area contributed by atoms with Gasteiger partial charge < -0.3 is 10.1 Å². The molecule has 7 nitrogen and oxygen atoms in total. The number of carbonyl (C=O) groups is 1. The average Bonchev–Trinajstić information content (AvgIpc) is 2.79. The number of piperidine rings is 1. The van der Waals surface area contributed by atoms with Gasteiger partial charge in [-0.1, -0.05) is 32.6 Å². The second kappa shape index (κ2) is 11.5. The molecule has 180 valence electrons. The van der Waals surface area contributed by atoms with Gasteiger partial charge in [-0.25, -0.2) is 8.42 Å². The normalized spacial score (nSPS) is 18.8. The highest BCUT2D eigenvalue weighted by atomic mass is 32.2. The minimum Gasteiger partial charge on any atom is -0.489 e. The van der Waals surface area contributed by atoms with E-state index in [2.05, 4.69) is 17.1 Å². The molecule has 8 heteroatoms. The Morgan fingerprint density at radius 1 is 1.12 bits per heavy atom. The van der Waals surface area contributed by atoms with E-state index in [1.165, 1.54) is 19.3 Å². The summed E-state index contributed by atoms with van der Waals surface area (Å²) in [5.74, 6) is 0.352. The van der Waals surface area contributed by atoms with Crippen LogP contribution in [0.5, 0.6) is 5.75 Å². The number of anilines is 1. The Bertz CT molecular complexity index is 860. The summed E-state index contributed by atoms with van der Waals surface area (Å²) in [7, 11) is -3.59. The number of benzene rings is 1. The van der Waals surface area contributed by atoms with Gasteiger partial charge in [0.15, 0.2) is 0 Å². The molecule has 3 rings (SSSR count). The molecule has 0 aromatic heterocycles. The summed E-state index contributed by atoms with van der Waals surface area (Å²) in [6.07, 6.45) is 8.69. The van der Waals surface area contributed by atoms with Crippen molar-refractivity contribution in [2.45, 2.75) is 89.2 Å². The number of carbonyl (C=O) groups excluding carboxylic acids is 1. The minimum atomic E-state index is -3.59. The molecule has 0 spiro atoms. The fourth-order valence-corrected chi connectivity index (χ4v) is 6.24. The third kappa shape index (κ3) is 6.45. The van der Waals surface area contributed by atoms with E-state index in [1.54, 1.807) is 22.5 Å². The van der Waals surface area contributed by atoms with Crippen molar-refractivity contribution in [3.8, 4) is 5.75 Å². The van der Waals surface area contributed by atoms with Crippen LogP contribution in [0.4, 0.5) is 5.69 Å². The maximum Gasteiger partial charge on any atom is 0.243 e. The minimum absolute atomic E-state index is 0.0930. The number of ether oxygens (including phenoxy) is 1. The van der Waals surface area contributed by atoms with Gasteiger partial charge in [0, 0.05) is 19.1 Å². The molecule has 1 N–H and O–H groups in total. The predicted molar refractivity (Wildman–Crippen MR) is 128 cm³/mol. The SMILES string of the molecule is CCN(CC(=O)Nc1cc(S(=O)(=O)N2CCCCC2)ccc1OC(C)C)C1CCCCC1. The molecule has 1 saturated heterocycles. The number of hydrogen-bond acceptors (Lipinski definition) is 5. The largest absolute Gasteiger partial charge is 0.489 e. The second-order valence-electron chi connectivity index (χ2n) is 9.19. The molecule has 1 saturated carbocycles. The average molecular weight is 466 g/mol. The number of likely N-dealkylation sites (N-methyl/N-ethyl adjacent to an activating group) is 1. The summed E-state index contributed by atoms with van der Waals surface area (Å²) in [5.41, 5.74) is 0.418. The highest BCUT2D eigenvalue weighted by Gasteiger charge is 2.28. The zero-order valence-electron chi connectivity index (χ0n) is 19.8. The lowest BCUT2D eigenvalue weighted by atomic mass is 9.94. The molecule has 2 aliphatic rings. The standard InChI is InChI=1S/C24H39N3O4S/c1-4-26(20-11-7-5-8-12-20)18-24(28)25-22-17-21(13-14-23(22)31-19(2)3)32(29,30)27-15-9-6-10-16-27/h13-14,17,19-20H,4-12,15-16,18H2,1-3H3,(H,25,28). The first-order valence-electron chi connectivity index (χ1n) is 12.2. The van der Waals surface area contributed by atoms with Gasteiger partial charge in [0.25, 0.3) is 0 Å². The Hall–Kier alpha value is -1.64. The van der Waals surface area contributed by atoms with E-state index in [1.807, 2.05) is 13.8 Å². The first kappa shape index (κ1) is 25.0. The first-order valence-corrected chi connectivity index (χ1v) is 13.6. The van der Waals surface area contributed by atoms with Gasteiger partial charge in [-0.05, 0) is 64.3 Å². The number of sulfonamides is 1. The first-order chi connectivity index (χ1) is 15.3. The Morgan fingerprint density at radius 2 is 1.78 bits per heavy atom. The van der Waals surface area contributed by atoms with Crippen LogP contribution >= 0.6 is 0 Å². The Labute approximate surface area is 193 Å². The van der Waals surface area contributed by atoms with Crippen molar-refractivity contribution < 1.29 is 17.9 Å². The van der Waals surface area contributed by atoms with E-state index in [0.717, 1.165) is 38.6 Å². The molecule has 32 heavy (non-hydrogen) atoms. The quantitative estimate of drug-likeness (QED) is 0.590. The smallest absolute Gasteiger partial charge is 0.243 e. The maximum absolute atomic E-state index is 13.2. The molecular weight excluding hydrogens is 426 g/mol. The van der Waals surface area contributed by atoms with E-state index in [-0.39, 0.29) is 16.9 Å². The number of nitrogens with one attached hydrogen (secondary N) is 1. The highest BCUT2D eigenvalue weighted by Crippen LogP contribution is 2.31. The van der Waals surface area contributed by atoms with Crippen LogP contribution in [0.15, 0.2) is 23.1 Å². The molecule has 0 bridgehead atoms. The summed E-state index contributed by atoms with van der Waals surface area (Å²) in [6, 6.07) is 5.23. The second-order valence-corrected chi connectivity index (χ2v) is 11.1. The van der Waals surface area contributed by atoms with Crippen molar-refractivity contribution in [3.63, 3.8) is 0 Å². The zero-order valence-corrected chi connectivity index (χ0v) is 20.6. The zero-order chi connectivity index (χ0) is 23.1. The van der Waals surface area contributed by atoms with Crippen LogP contribution in [-0.4, -0.2) is 61.9 Å². The molecule has 0 unspecified atom stereocenters. The molecule has 1 aromatic rings. The molecular formula is C24H39N3O4S. The summed E-state index contributed by atoms with van der Waals surface area (Å²) in [4.78, 5) is 15.4. The lowest BCUT2D eigenvalue weighted by Crippen LogP contribution is -2.41. The van der Waals surface area contributed by atoms with Crippen LogP contribution in [0.3, 0.4) is 0 Å². The van der Waals surface area contributed by atoms with E-state index in [9.17, 15) is 13.2 Å². The number of hydrogen-bond donors (Lipinski definition) is 1. The molecule has 1 aliphatic carbocycles. The fourth-order valence-electron chi connectivity index (χ4n) is 4.70. The maximum atomic E-state index is 13.2. The van der Waals surface area contributed by atoms with E-state index in [4.69, 9.17) is 4.74 Å². The predicted octanol–water partition coefficient (Wildman–Crippen LogP) is 4.24. The van der Waals surface area contributed by atoms with Gasteiger partial charge in [0.2, 0.25) is 15.9 Å². The van der Waals surface area contributed by atoms with E-state index in [0.29, 0.717) is 37.1 Å². The van der Waals surface area contributed by atoms with E-state index >= 15 is 0 Å². The van der Waals surface area contributed by atoms with Crippen molar-refractivity contribution in [3.05, 3.63) is 18.2 Å². The molecule has 0 atom stereocenters. The topological polar surface area (TPSA) is 79.0 Å². The number of amides is 1. The van der Waals surface area contributed by atoms with Crippen LogP contribution in [-0.2, 0) is 14.8 Å². The van der Waals surface area contributed by atoms with Crippen LogP contribution in [0, 0.1) is 0 Å². The summed E-state index contributed by atoms with van der Waals surface area (Å²) < 4.78 is 33.7. The van der Waals surface area contributed by atoms with Gasteiger partial charge >= 0.3 is 0 Å². The molecule has 0 radical (unpaired) electrons. The van der Waals surface area contributed by atoms with E-state index < -0.39 is 10.0 Å². The highest BCUT2D eigenvalue weighted by molar-refractivity contribution is 7.89. The summed E-state index contributed by atoms with van der Waals surface area (Å²) >= 11 is 0. The lowest BCUT2D eigenvalue weighted by molar-refractivity contribution is -0.118. The summed E-state index contributed by atoms with van der Waals surface area (Å²) in [6.45, 7) is 8.10. The van der Waals surface area contributed by atoms with Crippen molar-refractivity contribution in [2.24, 2.45) is 0 Å². The van der Waals surface area contributed by atoms with Gasteiger partial charge in [0.05, 0.1) is 23.2 Å². The molecule has 1 aromatic carbocycles. The summed E-state index contributed by atoms with van der Waals surface area (Å²) in [5, 5.41) is 2.95. The van der Waals surface area contributed by atoms with Crippen molar-refractivity contribution in [1.29, 1.82) is 0 Å². The third-order valence-electron chi connectivity index (χ3n) is 6.38. The van der Waals surface area contributed by atoms with Crippen molar-refractivity contribution in [2.75, 3.05) is 31.5 Å². The van der Waals surface area contributed by atoms with Crippen LogP contribution in [0.1, 0.15) is 72.1 Å². The van der Waals surface area contributed by atoms with Gasteiger partial charge in [-0.3, -0.25) is 9.69 Å². The molecule has 1 amide bonds. The lowest BCUT2D eigenvalue weighted by Gasteiger charge is -2.33. The monoisotopic (exact) mass is 465 g/mol. The number of nitrogens with zero attached hydrogens (tertiary/aromatic N) is 2. The van der Waals surface area contributed by atoms with Gasteiger partial charge in [0.1, 0.15) is 5.75 Å². The van der Waals surface area contributed by atoms with Gasteiger partial charge in [-0.2, -0.15) is 4.31 Å². The molecule has 2 fully saturated rings. The van der Waals surface area contributed by atoms with Crippen molar-refractivity contribution in [1.82, 2.24) is 9.21 Å². The van der Waals surface area contributed by atoms with Gasteiger partial charge in [-0.15, -0.1) is 0 Å². The Kier molecular flexibility index (Phi) is 8.96. The van der Waals surface area contributed by atoms with Crippen LogP contribution < -0.4 is 10.1 Å². The molecule has 1 heterocycles. The molecule has 1 aliphatic heterocycles. The Morgan fingerprint density at radius 3 is 2.41 bits per heavy atom. The van der Waals surface area contributed by atoms with Crippen LogP contribution in [0.2, 0.25) is 0 Å².